The van der Waals surface area contributed by atoms with E-state index in [0.717, 1.165) is 25.7 Å². The highest BCUT2D eigenvalue weighted by Gasteiger charge is 2.19. The molecule has 1 fully saturated rings. The van der Waals surface area contributed by atoms with E-state index < -0.39 is 10.8 Å². The van der Waals surface area contributed by atoms with Gasteiger partial charge in [0.05, 0.1) is 4.92 Å². The largest absolute Gasteiger partial charge is 0.383 e. The Morgan fingerprint density at radius 2 is 2.08 bits per heavy atom. The fourth-order valence-corrected chi connectivity index (χ4v) is 2.83. The average molecular weight is 328 g/mol. The molecule has 24 heavy (non-hydrogen) atoms. The predicted molar refractivity (Wildman–Crippen MR) is 91.2 cm³/mol. The first kappa shape index (κ1) is 17.5. The third kappa shape index (κ3) is 4.32. The van der Waals surface area contributed by atoms with Crippen LogP contribution in [0.2, 0.25) is 0 Å². The second-order valence-corrected chi connectivity index (χ2v) is 5.76. The van der Waals surface area contributed by atoms with Gasteiger partial charge in [-0.15, -0.1) is 0 Å². The number of nitriles is 1. The lowest BCUT2D eigenvalue weighted by atomic mass is 9.95. The number of benzene rings is 1. The minimum Gasteiger partial charge on any atom is -0.383 e. The van der Waals surface area contributed by atoms with Crippen molar-refractivity contribution in [3.63, 3.8) is 0 Å². The monoisotopic (exact) mass is 328 g/mol. The summed E-state index contributed by atoms with van der Waals surface area (Å²) in [6.07, 6.45) is 6.56. The molecule has 7 nitrogen and oxygen atoms in total. The second-order valence-electron chi connectivity index (χ2n) is 5.76. The van der Waals surface area contributed by atoms with Crippen molar-refractivity contribution in [3.05, 3.63) is 39.4 Å². The van der Waals surface area contributed by atoms with Gasteiger partial charge in [0.15, 0.2) is 0 Å². The summed E-state index contributed by atoms with van der Waals surface area (Å²) < 4.78 is 0. The number of carbonyl (C=O) groups excluding carboxylic acids is 1. The van der Waals surface area contributed by atoms with Gasteiger partial charge in [-0.25, -0.2) is 0 Å². The molecule has 2 rings (SSSR count). The summed E-state index contributed by atoms with van der Waals surface area (Å²) in [5, 5.41) is 25.9. The van der Waals surface area contributed by atoms with Crippen LogP contribution >= 0.6 is 0 Å². The van der Waals surface area contributed by atoms with Crippen molar-refractivity contribution in [1.82, 2.24) is 5.32 Å². The quantitative estimate of drug-likeness (QED) is 0.374. The number of amides is 1. The van der Waals surface area contributed by atoms with Crippen LogP contribution in [0.5, 0.6) is 0 Å². The molecule has 0 heterocycles. The standard InChI is InChI=1S/C17H20N4O3/c1-19-15-8-7-12(10-16(15)21(23)24)9-13(11-18)17(22)20-14-5-3-2-4-6-14/h7-10,14,19H,2-6H2,1H3,(H,20,22)/b13-9+. The third-order valence-electron chi connectivity index (χ3n) is 4.10. The van der Waals surface area contributed by atoms with E-state index in [4.69, 9.17) is 0 Å². The number of nitrogens with one attached hydrogen (secondary N) is 2. The SMILES string of the molecule is CNc1ccc(/C=C(\C#N)C(=O)NC2CCCCC2)cc1[N+](=O)[O-]. The first-order chi connectivity index (χ1) is 11.5. The summed E-state index contributed by atoms with van der Waals surface area (Å²) in [5.41, 5.74) is 0.668. The zero-order valence-corrected chi connectivity index (χ0v) is 13.5. The molecule has 0 atom stereocenters. The van der Waals surface area contributed by atoms with Crippen molar-refractivity contribution >= 4 is 23.4 Å². The Balaban J connectivity index is 2.20. The van der Waals surface area contributed by atoms with E-state index in [0.29, 0.717) is 11.3 Å². The summed E-state index contributed by atoms with van der Waals surface area (Å²) in [4.78, 5) is 22.8. The van der Waals surface area contributed by atoms with E-state index in [2.05, 4.69) is 10.6 Å². The molecule has 1 saturated carbocycles. The number of nitro groups is 1. The molecular weight excluding hydrogens is 308 g/mol. The molecule has 0 saturated heterocycles. The topological polar surface area (TPSA) is 108 Å². The number of hydrogen-bond donors (Lipinski definition) is 2. The number of hydrogen-bond acceptors (Lipinski definition) is 5. The minimum absolute atomic E-state index is 0.0490. The van der Waals surface area contributed by atoms with Gasteiger partial charge in [-0.1, -0.05) is 25.3 Å². The van der Waals surface area contributed by atoms with Crippen LogP contribution in [-0.2, 0) is 4.79 Å². The van der Waals surface area contributed by atoms with Crippen molar-refractivity contribution in [2.75, 3.05) is 12.4 Å². The lowest BCUT2D eigenvalue weighted by Crippen LogP contribution is -2.36. The van der Waals surface area contributed by atoms with Crippen molar-refractivity contribution in [1.29, 1.82) is 5.26 Å². The van der Waals surface area contributed by atoms with E-state index in [1.807, 2.05) is 6.07 Å². The Hall–Kier alpha value is -2.88. The van der Waals surface area contributed by atoms with E-state index >= 15 is 0 Å². The molecule has 2 N–H and O–H groups in total. The number of nitrogens with zero attached hydrogens (tertiary/aromatic N) is 2. The zero-order valence-electron chi connectivity index (χ0n) is 13.5. The lowest BCUT2D eigenvalue weighted by molar-refractivity contribution is -0.384. The second kappa shape index (κ2) is 8.11. The first-order valence-electron chi connectivity index (χ1n) is 7.94. The summed E-state index contributed by atoms with van der Waals surface area (Å²) in [6, 6.07) is 6.51. The van der Waals surface area contributed by atoms with Crippen LogP contribution in [0.4, 0.5) is 11.4 Å². The van der Waals surface area contributed by atoms with Crippen molar-refractivity contribution in [2.24, 2.45) is 0 Å². The van der Waals surface area contributed by atoms with Gasteiger partial charge in [0, 0.05) is 19.2 Å². The molecule has 0 aliphatic heterocycles. The molecule has 0 bridgehead atoms. The summed E-state index contributed by atoms with van der Waals surface area (Å²) in [7, 11) is 1.59. The van der Waals surface area contributed by atoms with Crippen LogP contribution in [0.15, 0.2) is 23.8 Å². The average Bonchev–Trinajstić information content (AvgIpc) is 2.60. The fourth-order valence-electron chi connectivity index (χ4n) is 2.83. The molecule has 1 aromatic rings. The van der Waals surface area contributed by atoms with Crippen LogP contribution in [0.3, 0.4) is 0 Å². The maximum absolute atomic E-state index is 12.2. The van der Waals surface area contributed by atoms with E-state index in [1.54, 1.807) is 19.2 Å². The Bertz CT molecular complexity index is 700. The van der Waals surface area contributed by atoms with Gasteiger partial charge in [0.1, 0.15) is 17.3 Å². The predicted octanol–water partition coefficient (Wildman–Crippen LogP) is 2.99. The Morgan fingerprint density at radius 3 is 2.67 bits per heavy atom. The van der Waals surface area contributed by atoms with E-state index in [9.17, 15) is 20.2 Å². The molecule has 1 amide bonds. The highest BCUT2D eigenvalue weighted by atomic mass is 16.6. The fraction of sp³-hybridized carbons (Fsp3) is 0.412. The highest BCUT2D eigenvalue weighted by molar-refractivity contribution is 6.02. The third-order valence-corrected chi connectivity index (χ3v) is 4.10. The van der Waals surface area contributed by atoms with Crippen molar-refractivity contribution in [3.8, 4) is 6.07 Å². The lowest BCUT2D eigenvalue weighted by Gasteiger charge is -2.22. The van der Waals surface area contributed by atoms with E-state index in [1.165, 1.54) is 18.6 Å². The molecule has 1 aliphatic carbocycles. The maximum atomic E-state index is 12.2. The minimum atomic E-state index is -0.503. The molecular formula is C17H20N4O3. The molecule has 0 unspecified atom stereocenters. The van der Waals surface area contributed by atoms with E-state index in [-0.39, 0.29) is 17.3 Å². The normalized spacial score (nSPS) is 15.4. The summed E-state index contributed by atoms with van der Waals surface area (Å²) >= 11 is 0. The van der Waals surface area contributed by atoms with Crippen molar-refractivity contribution < 1.29 is 9.72 Å². The first-order valence-corrected chi connectivity index (χ1v) is 7.94. The Morgan fingerprint density at radius 1 is 1.38 bits per heavy atom. The zero-order chi connectivity index (χ0) is 17.5. The smallest absolute Gasteiger partial charge is 0.292 e. The summed E-state index contributed by atoms with van der Waals surface area (Å²) in [5.74, 6) is -0.426. The van der Waals surface area contributed by atoms with Gasteiger partial charge in [-0.2, -0.15) is 5.26 Å². The van der Waals surface area contributed by atoms with Gasteiger partial charge >= 0.3 is 0 Å². The molecule has 0 spiro atoms. The van der Waals surface area contributed by atoms with Crippen LogP contribution in [0.1, 0.15) is 37.7 Å². The number of anilines is 1. The van der Waals surface area contributed by atoms with Crippen LogP contribution in [0.25, 0.3) is 6.08 Å². The molecule has 1 aliphatic rings. The van der Waals surface area contributed by atoms with Gasteiger partial charge < -0.3 is 10.6 Å². The van der Waals surface area contributed by atoms with Gasteiger partial charge in [-0.05, 0) is 30.5 Å². The summed E-state index contributed by atoms with van der Waals surface area (Å²) in [6.45, 7) is 0. The molecule has 0 radical (unpaired) electrons. The van der Waals surface area contributed by atoms with Gasteiger partial charge in [-0.3, -0.25) is 14.9 Å². The Kier molecular flexibility index (Phi) is 5.90. The molecule has 7 heteroatoms. The van der Waals surface area contributed by atoms with Gasteiger partial charge in [0.2, 0.25) is 0 Å². The molecule has 0 aromatic heterocycles. The number of rotatable bonds is 5. The van der Waals surface area contributed by atoms with Crippen LogP contribution in [0, 0.1) is 21.4 Å². The molecule has 1 aromatic carbocycles. The maximum Gasteiger partial charge on any atom is 0.292 e. The number of carbonyl (C=O) groups is 1. The Labute approximate surface area is 140 Å². The molecule has 126 valence electrons. The van der Waals surface area contributed by atoms with Crippen LogP contribution < -0.4 is 10.6 Å². The van der Waals surface area contributed by atoms with Gasteiger partial charge in [0.25, 0.3) is 11.6 Å². The number of nitro benzene ring substituents is 1. The highest BCUT2D eigenvalue weighted by Crippen LogP contribution is 2.26. The van der Waals surface area contributed by atoms with Crippen LogP contribution in [-0.4, -0.2) is 23.9 Å². The van der Waals surface area contributed by atoms with Crippen molar-refractivity contribution in [2.45, 2.75) is 38.1 Å².